The molecular weight excluding hydrogens is 286 g/mol. The van der Waals surface area contributed by atoms with Crippen LogP contribution in [-0.2, 0) is 11.3 Å². The Bertz CT molecular complexity index is 622. The first-order valence-corrected chi connectivity index (χ1v) is 8.45. The molecule has 0 spiro atoms. The van der Waals surface area contributed by atoms with Crippen molar-refractivity contribution in [2.45, 2.75) is 50.7 Å². The summed E-state index contributed by atoms with van der Waals surface area (Å²) in [5.41, 5.74) is 1.13. The fourth-order valence-electron chi connectivity index (χ4n) is 4.10. The number of carboxylic acids is 1. The van der Waals surface area contributed by atoms with Crippen molar-refractivity contribution in [3.8, 4) is 0 Å². The fourth-order valence-corrected chi connectivity index (χ4v) is 4.82. The molecule has 4 heterocycles. The predicted octanol–water partition coefficient (Wildman–Crippen LogP) is 2.61. The van der Waals surface area contributed by atoms with Crippen LogP contribution in [0.25, 0.3) is 4.96 Å². The lowest BCUT2D eigenvalue weighted by atomic mass is 9.88. The second-order valence-corrected chi connectivity index (χ2v) is 7.19. The number of carbonyl (C=O) groups is 1. The summed E-state index contributed by atoms with van der Waals surface area (Å²) in [4.78, 5) is 19.2. The molecule has 0 aromatic carbocycles. The second-order valence-electron chi connectivity index (χ2n) is 6.32. The zero-order chi connectivity index (χ0) is 14.4. The Morgan fingerprint density at radius 1 is 1.38 bits per heavy atom. The Morgan fingerprint density at radius 3 is 2.81 bits per heavy atom. The maximum absolute atomic E-state index is 10.9. The minimum absolute atomic E-state index is 0.334. The molecule has 2 aliphatic rings. The van der Waals surface area contributed by atoms with Gasteiger partial charge in [-0.3, -0.25) is 14.1 Å². The molecule has 4 rings (SSSR count). The largest absolute Gasteiger partial charge is 0.481 e. The third kappa shape index (κ3) is 2.46. The van der Waals surface area contributed by atoms with E-state index in [0.717, 1.165) is 30.0 Å². The van der Waals surface area contributed by atoms with Crippen molar-refractivity contribution >= 4 is 22.3 Å². The number of thiazole rings is 1. The summed E-state index contributed by atoms with van der Waals surface area (Å²) in [7, 11) is 0. The average molecular weight is 305 g/mol. The van der Waals surface area contributed by atoms with Crippen LogP contribution in [0.3, 0.4) is 0 Å². The third-order valence-corrected chi connectivity index (χ3v) is 5.70. The molecule has 6 heteroatoms. The molecule has 5 nitrogen and oxygen atoms in total. The quantitative estimate of drug-likeness (QED) is 0.943. The van der Waals surface area contributed by atoms with E-state index in [1.54, 1.807) is 11.3 Å². The van der Waals surface area contributed by atoms with Crippen molar-refractivity contribution in [1.82, 2.24) is 14.3 Å². The van der Waals surface area contributed by atoms with Gasteiger partial charge in [-0.15, -0.1) is 11.3 Å². The number of fused-ring (bicyclic) bond motifs is 3. The van der Waals surface area contributed by atoms with E-state index in [-0.39, 0.29) is 0 Å². The minimum atomic E-state index is -0.651. The van der Waals surface area contributed by atoms with Crippen molar-refractivity contribution in [3.05, 3.63) is 23.5 Å². The van der Waals surface area contributed by atoms with E-state index < -0.39 is 5.97 Å². The minimum Gasteiger partial charge on any atom is -0.481 e. The number of carboxylic acid groups (broad SMARTS) is 1. The van der Waals surface area contributed by atoms with Crippen molar-refractivity contribution in [2.75, 3.05) is 0 Å². The van der Waals surface area contributed by atoms with Crippen molar-refractivity contribution in [3.63, 3.8) is 0 Å². The Morgan fingerprint density at radius 2 is 2.14 bits per heavy atom. The number of hydrogen-bond donors (Lipinski definition) is 1. The van der Waals surface area contributed by atoms with Gasteiger partial charge in [-0.25, -0.2) is 4.98 Å². The number of hydrogen-bond acceptors (Lipinski definition) is 4. The van der Waals surface area contributed by atoms with E-state index in [1.165, 1.54) is 12.8 Å². The fraction of sp³-hybridized carbons (Fsp3) is 0.600. The Balaban J connectivity index is 1.47. The molecule has 0 saturated carbocycles. The first-order valence-electron chi connectivity index (χ1n) is 7.57. The molecule has 0 aliphatic carbocycles. The summed E-state index contributed by atoms with van der Waals surface area (Å²) >= 11 is 1.66. The van der Waals surface area contributed by atoms with Crippen LogP contribution >= 0.6 is 11.3 Å². The second kappa shape index (κ2) is 5.10. The number of aliphatic carboxylic acids is 1. The monoisotopic (exact) mass is 305 g/mol. The van der Waals surface area contributed by atoms with Gasteiger partial charge in [0.25, 0.3) is 0 Å². The van der Waals surface area contributed by atoms with E-state index in [9.17, 15) is 4.79 Å². The van der Waals surface area contributed by atoms with E-state index in [0.29, 0.717) is 24.4 Å². The molecule has 112 valence electrons. The van der Waals surface area contributed by atoms with Gasteiger partial charge in [0.1, 0.15) is 0 Å². The zero-order valence-electron chi connectivity index (χ0n) is 11.8. The van der Waals surface area contributed by atoms with Gasteiger partial charge in [-0.05, 0) is 31.6 Å². The summed E-state index contributed by atoms with van der Waals surface area (Å²) in [5.74, 6) is -0.288. The lowest BCUT2D eigenvalue weighted by molar-refractivity contribution is -0.138. The topological polar surface area (TPSA) is 57.8 Å². The van der Waals surface area contributed by atoms with Crippen LogP contribution < -0.4 is 0 Å². The number of piperidine rings is 1. The standard InChI is InChI=1S/C15H19N3O2S/c19-14(20)7-10-5-12-1-2-13(6-10)18(12)9-11-8-17-3-4-21-15(17)16-11/h3-4,8,10,12-13H,1-2,5-7,9H2,(H,19,20). The van der Waals surface area contributed by atoms with Crippen molar-refractivity contribution < 1.29 is 9.90 Å². The maximum atomic E-state index is 10.9. The molecule has 2 aromatic heterocycles. The number of imidazole rings is 1. The van der Waals surface area contributed by atoms with Gasteiger partial charge >= 0.3 is 5.97 Å². The highest BCUT2D eigenvalue weighted by molar-refractivity contribution is 7.15. The molecule has 2 unspecified atom stereocenters. The first-order chi connectivity index (χ1) is 10.2. The zero-order valence-corrected chi connectivity index (χ0v) is 12.6. The van der Waals surface area contributed by atoms with Gasteiger partial charge in [0.05, 0.1) is 5.69 Å². The van der Waals surface area contributed by atoms with Crippen LogP contribution in [0.2, 0.25) is 0 Å². The molecule has 2 aliphatic heterocycles. The molecule has 2 fully saturated rings. The molecular formula is C15H19N3O2S. The highest BCUT2D eigenvalue weighted by Crippen LogP contribution is 2.40. The molecule has 2 bridgehead atoms. The van der Waals surface area contributed by atoms with Crippen LogP contribution in [0.4, 0.5) is 0 Å². The third-order valence-electron chi connectivity index (χ3n) is 4.93. The van der Waals surface area contributed by atoms with Crippen LogP contribution in [0.15, 0.2) is 17.8 Å². The first kappa shape index (κ1) is 13.3. The SMILES string of the molecule is O=C(O)CC1CC2CCC(C1)N2Cc1cn2ccsc2n1. The predicted molar refractivity (Wildman–Crippen MR) is 80.4 cm³/mol. The molecule has 0 amide bonds. The van der Waals surface area contributed by atoms with E-state index >= 15 is 0 Å². The molecule has 1 N–H and O–H groups in total. The van der Waals surface area contributed by atoms with Gasteiger partial charge in [-0.2, -0.15) is 0 Å². The lowest BCUT2D eigenvalue weighted by Crippen LogP contribution is -2.42. The van der Waals surface area contributed by atoms with Crippen LogP contribution in [0.1, 0.15) is 37.8 Å². The molecule has 0 radical (unpaired) electrons. The summed E-state index contributed by atoms with van der Waals surface area (Å²) in [6.07, 6.45) is 8.99. The molecule has 2 saturated heterocycles. The summed E-state index contributed by atoms with van der Waals surface area (Å²) < 4.78 is 2.08. The summed E-state index contributed by atoms with van der Waals surface area (Å²) in [6.45, 7) is 0.906. The summed E-state index contributed by atoms with van der Waals surface area (Å²) in [5, 5.41) is 11.0. The Labute approximate surface area is 127 Å². The normalized spacial score (nSPS) is 29.2. The lowest BCUT2D eigenvalue weighted by Gasteiger charge is -2.38. The Hall–Kier alpha value is -1.40. The van der Waals surface area contributed by atoms with Crippen LogP contribution in [-0.4, -0.2) is 37.4 Å². The number of rotatable bonds is 4. The molecule has 21 heavy (non-hydrogen) atoms. The van der Waals surface area contributed by atoms with E-state index in [1.807, 2.05) is 11.6 Å². The molecule has 2 atom stereocenters. The Kier molecular flexibility index (Phi) is 3.23. The smallest absolute Gasteiger partial charge is 0.303 e. The van der Waals surface area contributed by atoms with E-state index in [4.69, 9.17) is 5.11 Å². The van der Waals surface area contributed by atoms with Gasteiger partial charge in [0, 0.05) is 42.8 Å². The van der Waals surface area contributed by atoms with Crippen molar-refractivity contribution in [2.24, 2.45) is 5.92 Å². The highest BCUT2D eigenvalue weighted by atomic mass is 32.1. The summed E-state index contributed by atoms with van der Waals surface area (Å²) in [6, 6.07) is 1.10. The van der Waals surface area contributed by atoms with Crippen molar-refractivity contribution in [1.29, 1.82) is 0 Å². The average Bonchev–Trinajstić information content (AvgIpc) is 3.03. The molecule has 2 aromatic rings. The van der Waals surface area contributed by atoms with Gasteiger partial charge < -0.3 is 5.11 Å². The van der Waals surface area contributed by atoms with Gasteiger partial charge in [0.15, 0.2) is 4.96 Å². The number of aromatic nitrogens is 2. The van der Waals surface area contributed by atoms with Gasteiger partial charge in [-0.1, -0.05) is 0 Å². The van der Waals surface area contributed by atoms with Crippen LogP contribution in [0.5, 0.6) is 0 Å². The van der Waals surface area contributed by atoms with Gasteiger partial charge in [0.2, 0.25) is 0 Å². The highest BCUT2D eigenvalue weighted by Gasteiger charge is 2.41. The van der Waals surface area contributed by atoms with E-state index in [2.05, 4.69) is 20.5 Å². The number of nitrogens with zero attached hydrogens (tertiary/aromatic N) is 3. The van der Waals surface area contributed by atoms with Crippen LogP contribution in [0, 0.1) is 5.92 Å². The maximum Gasteiger partial charge on any atom is 0.303 e.